The van der Waals surface area contributed by atoms with Crippen LogP contribution in [0.25, 0.3) is 0 Å². The second-order valence-corrected chi connectivity index (χ2v) is 20.7. The Balaban J connectivity index is 1.24. The van der Waals surface area contributed by atoms with Gasteiger partial charge in [-0.1, -0.05) is 19.1 Å². The van der Waals surface area contributed by atoms with Gasteiger partial charge in [-0.2, -0.15) is 0 Å². The number of hydrogen-bond acceptors (Lipinski definition) is 11. The Kier molecular flexibility index (Phi) is 12.3. The standard InChI is InChI=1S/C43H55N5O10Si/c1-5-57-33-14-16-36-29(21-33)22-35(44-17-6-7-19-49)41(52)47(36)30-11-8-10-28(20-30)25-46-37-15-13-31(48(54)55)23-34(37)43(42(46)53)27(2)40(59(3,4)56)38(58-43)24-39(51)45-18-9-12-32(45)26-50/h8,10-11,13-16,20-21,23,27,32,35,38,40,44,49-50,56H,5-7,9,12,17-19,22,24-26H2,1-4H3/t27-,32+,35?,38+,40-,43+/m1/s1. The molecule has 4 N–H and O–H groups in total. The molecular weight excluding hydrogens is 775 g/mol. The van der Waals surface area contributed by atoms with Crippen LogP contribution in [0, 0.1) is 16.0 Å². The minimum absolute atomic E-state index is 0.0382. The molecular formula is C43H55N5O10Si. The lowest BCUT2D eigenvalue weighted by Crippen LogP contribution is -2.49. The highest BCUT2D eigenvalue weighted by Crippen LogP contribution is 2.60. The maximum Gasteiger partial charge on any atom is 0.269 e. The molecule has 2 fully saturated rings. The fourth-order valence-corrected chi connectivity index (χ4v) is 12.4. The molecule has 15 nitrogen and oxygen atoms in total. The van der Waals surface area contributed by atoms with E-state index in [1.54, 1.807) is 33.9 Å². The van der Waals surface area contributed by atoms with Gasteiger partial charge in [0.05, 0.1) is 60.7 Å². The normalized spacial score (nSPS) is 25.2. The lowest BCUT2D eigenvalue weighted by atomic mass is 9.82. The minimum atomic E-state index is -3.16. The Hall–Kier alpha value is -4.71. The number of nitro groups is 1. The van der Waals surface area contributed by atoms with Gasteiger partial charge in [0.15, 0.2) is 13.9 Å². The van der Waals surface area contributed by atoms with Crippen LogP contribution in [0.2, 0.25) is 18.6 Å². The Morgan fingerprint density at radius 1 is 1.08 bits per heavy atom. The number of nitrogens with zero attached hydrogens (tertiary/aromatic N) is 4. The summed E-state index contributed by atoms with van der Waals surface area (Å²) >= 11 is 0. The summed E-state index contributed by atoms with van der Waals surface area (Å²) in [5.41, 5.74) is 1.13. The molecule has 0 aromatic heterocycles. The summed E-state index contributed by atoms with van der Waals surface area (Å²) in [7, 11) is -3.16. The van der Waals surface area contributed by atoms with E-state index in [-0.39, 0.29) is 49.7 Å². The summed E-state index contributed by atoms with van der Waals surface area (Å²) in [4.78, 5) is 71.4. The zero-order valence-corrected chi connectivity index (χ0v) is 35.1. The number of nitrogens with one attached hydrogen (secondary N) is 1. The number of amides is 3. The first-order chi connectivity index (χ1) is 28.2. The number of fused-ring (bicyclic) bond motifs is 3. The molecule has 316 valence electrons. The van der Waals surface area contributed by atoms with E-state index in [0.717, 1.165) is 12.0 Å². The molecule has 7 rings (SSSR count). The molecule has 6 atom stereocenters. The lowest BCUT2D eigenvalue weighted by Gasteiger charge is -2.35. The Morgan fingerprint density at radius 2 is 1.86 bits per heavy atom. The number of aliphatic hydroxyl groups excluding tert-OH is 2. The quantitative estimate of drug-likeness (QED) is 0.0720. The van der Waals surface area contributed by atoms with Gasteiger partial charge in [0.1, 0.15) is 5.75 Å². The number of ether oxygens (including phenoxy) is 2. The highest BCUT2D eigenvalue weighted by atomic mass is 28.4. The van der Waals surface area contributed by atoms with Crippen molar-refractivity contribution in [1.82, 2.24) is 10.2 Å². The molecule has 0 radical (unpaired) electrons. The fraction of sp³-hybridized carbons (Fsp3) is 0.512. The van der Waals surface area contributed by atoms with E-state index in [1.807, 2.05) is 56.3 Å². The Bertz CT molecular complexity index is 2100. The topological polar surface area (TPSA) is 195 Å². The van der Waals surface area contributed by atoms with Gasteiger partial charge in [-0.25, -0.2) is 0 Å². The number of hydrogen-bond donors (Lipinski definition) is 4. The van der Waals surface area contributed by atoms with E-state index < -0.39 is 48.4 Å². The van der Waals surface area contributed by atoms with Crippen molar-refractivity contribution >= 4 is 48.8 Å². The maximum atomic E-state index is 15.2. The zero-order chi connectivity index (χ0) is 42.2. The minimum Gasteiger partial charge on any atom is -0.494 e. The first-order valence-corrected chi connectivity index (χ1v) is 23.7. The molecule has 4 heterocycles. The van der Waals surface area contributed by atoms with Gasteiger partial charge >= 0.3 is 0 Å². The van der Waals surface area contributed by atoms with Gasteiger partial charge in [-0.15, -0.1) is 0 Å². The lowest BCUT2D eigenvalue weighted by molar-refractivity contribution is -0.385. The number of aliphatic hydroxyl groups is 2. The van der Waals surface area contributed by atoms with E-state index in [9.17, 15) is 34.7 Å². The number of unbranched alkanes of at least 4 members (excludes halogenated alkanes) is 1. The van der Waals surface area contributed by atoms with E-state index in [2.05, 4.69) is 5.32 Å². The van der Waals surface area contributed by atoms with Crippen LogP contribution in [-0.4, -0.2) is 102 Å². The molecule has 0 bridgehead atoms. The Labute approximate surface area is 345 Å². The van der Waals surface area contributed by atoms with Gasteiger partial charge in [0.25, 0.3) is 11.6 Å². The average molecular weight is 830 g/mol. The van der Waals surface area contributed by atoms with E-state index >= 15 is 4.79 Å². The number of non-ortho nitro benzene ring substituents is 1. The van der Waals surface area contributed by atoms with Crippen molar-refractivity contribution < 1.29 is 43.8 Å². The number of carbonyl (C=O) groups excluding carboxylic acids is 3. The number of carbonyl (C=O) groups is 3. The SMILES string of the molecule is CCOc1ccc2c(c1)CC(NCCCCO)C(=O)N2c1cccc(CN2C(=O)[C@@]3(O[C@@H](CC(=O)N4CCC[C@H]4CO)[C@H]([Si](C)(C)O)[C@H]3C)c3cc([N+](=O)[O-])ccc32)c1. The van der Waals surface area contributed by atoms with Crippen molar-refractivity contribution in [2.45, 2.75) is 101 Å². The number of nitro benzene ring substituents is 1. The van der Waals surface area contributed by atoms with Crippen molar-refractivity contribution in [2.75, 3.05) is 42.7 Å². The van der Waals surface area contributed by atoms with Crippen LogP contribution < -0.4 is 19.9 Å². The highest BCUT2D eigenvalue weighted by molar-refractivity contribution is 6.71. The molecule has 2 saturated heterocycles. The van der Waals surface area contributed by atoms with E-state index in [0.29, 0.717) is 79.3 Å². The van der Waals surface area contributed by atoms with E-state index in [1.165, 1.54) is 12.1 Å². The third-order valence-corrected chi connectivity index (χ3v) is 15.0. The molecule has 3 aromatic rings. The molecule has 1 spiro atoms. The summed E-state index contributed by atoms with van der Waals surface area (Å²) in [6, 6.07) is 16.5. The maximum absolute atomic E-state index is 15.2. The monoisotopic (exact) mass is 829 g/mol. The van der Waals surface area contributed by atoms with Crippen LogP contribution in [0.3, 0.4) is 0 Å². The van der Waals surface area contributed by atoms with Gasteiger partial charge in [0, 0.05) is 48.0 Å². The molecule has 3 aromatic carbocycles. The van der Waals surface area contributed by atoms with Gasteiger partial charge in [-0.3, -0.25) is 29.4 Å². The van der Waals surface area contributed by atoms with Crippen LogP contribution in [0.15, 0.2) is 60.7 Å². The van der Waals surface area contributed by atoms with Crippen LogP contribution in [-0.2, 0) is 37.7 Å². The number of rotatable bonds is 15. The molecule has 0 saturated carbocycles. The third-order valence-electron chi connectivity index (χ3n) is 12.5. The smallest absolute Gasteiger partial charge is 0.269 e. The summed E-state index contributed by atoms with van der Waals surface area (Å²) in [6.45, 7) is 8.72. The Morgan fingerprint density at radius 3 is 2.58 bits per heavy atom. The molecule has 3 amide bonds. The van der Waals surface area contributed by atoms with Gasteiger partial charge in [0.2, 0.25) is 11.8 Å². The summed E-state index contributed by atoms with van der Waals surface area (Å²) in [5.74, 6) is -0.791. The predicted molar refractivity (Wildman–Crippen MR) is 223 cm³/mol. The molecule has 4 aliphatic rings. The zero-order valence-electron chi connectivity index (χ0n) is 34.1. The number of likely N-dealkylation sites (tertiary alicyclic amines) is 1. The molecule has 0 aliphatic carbocycles. The molecule has 59 heavy (non-hydrogen) atoms. The summed E-state index contributed by atoms with van der Waals surface area (Å²) in [6.07, 6.45) is 2.24. The average Bonchev–Trinajstić information content (AvgIpc) is 3.87. The second kappa shape index (κ2) is 17.1. The summed E-state index contributed by atoms with van der Waals surface area (Å²) < 4.78 is 12.6. The highest BCUT2D eigenvalue weighted by Gasteiger charge is 2.67. The third kappa shape index (κ3) is 7.89. The first kappa shape index (κ1) is 42.4. The predicted octanol–water partition coefficient (Wildman–Crippen LogP) is 4.66. The summed E-state index contributed by atoms with van der Waals surface area (Å²) in [5, 5.41) is 34.8. The first-order valence-electron chi connectivity index (χ1n) is 20.7. The van der Waals surface area contributed by atoms with Crippen molar-refractivity contribution in [1.29, 1.82) is 0 Å². The van der Waals surface area contributed by atoms with Gasteiger partial charge in [-0.05, 0) is 106 Å². The van der Waals surface area contributed by atoms with Crippen molar-refractivity contribution in [3.8, 4) is 5.75 Å². The second-order valence-electron chi connectivity index (χ2n) is 16.7. The molecule has 16 heteroatoms. The largest absolute Gasteiger partial charge is 0.494 e. The molecule has 4 aliphatic heterocycles. The molecule has 1 unspecified atom stereocenters. The number of anilines is 3. The fourth-order valence-electron chi connectivity index (χ4n) is 9.88. The number of benzene rings is 3. The van der Waals surface area contributed by atoms with Crippen LogP contribution in [0.5, 0.6) is 5.75 Å². The van der Waals surface area contributed by atoms with E-state index in [4.69, 9.17) is 9.47 Å². The van der Waals surface area contributed by atoms with Gasteiger partial charge < -0.3 is 39.6 Å². The van der Waals surface area contributed by atoms with Crippen molar-refractivity contribution in [3.63, 3.8) is 0 Å². The van der Waals surface area contributed by atoms with Crippen LogP contribution >= 0.6 is 0 Å². The van der Waals surface area contributed by atoms with Crippen molar-refractivity contribution in [2.24, 2.45) is 5.92 Å². The van der Waals surface area contributed by atoms with Crippen molar-refractivity contribution in [3.05, 3.63) is 87.5 Å². The van der Waals surface area contributed by atoms with Crippen LogP contribution in [0.4, 0.5) is 22.7 Å². The van der Waals surface area contributed by atoms with Crippen LogP contribution in [0.1, 0.15) is 62.6 Å².